The molecule has 62 valence electrons. The second kappa shape index (κ2) is 4.15. The summed E-state index contributed by atoms with van der Waals surface area (Å²) >= 11 is 1.70. The Morgan fingerprint density at radius 2 is 2.08 bits per heavy atom. The van der Waals surface area contributed by atoms with Gasteiger partial charge < -0.3 is 5.11 Å². The molecule has 0 saturated carbocycles. The van der Waals surface area contributed by atoms with E-state index >= 15 is 0 Å². The molecule has 0 aliphatic heterocycles. The first-order valence-corrected chi connectivity index (χ1v) is 4.06. The lowest BCUT2D eigenvalue weighted by Crippen LogP contribution is -1.95. The number of carboxylic acid groups (broad SMARTS) is 1. The summed E-state index contributed by atoms with van der Waals surface area (Å²) < 4.78 is 3.48. The van der Waals surface area contributed by atoms with Crippen molar-refractivity contribution < 1.29 is 9.90 Å². The molecule has 0 spiro atoms. The monoisotopic (exact) mass is 276 g/mol. The zero-order valence-electron chi connectivity index (χ0n) is 5.94. The molecule has 0 bridgehead atoms. The molecule has 0 radical (unpaired) electrons. The Kier molecular flexibility index (Phi) is 3.15. The maximum absolute atomic E-state index is 10.6. The van der Waals surface area contributed by atoms with Crippen LogP contribution in [0.4, 0.5) is 5.69 Å². The van der Waals surface area contributed by atoms with E-state index in [1.165, 1.54) is 6.07 Å². The molecule has 5 heteroatoms. The van der Waals surface area contributed by atoms with Gasteiger partial charge in [-0.05, 0) is 12.1 Å². The van der Waals surface area contributed by atoms with E-state index in [9.17, 15) is 4.79 Å². The van der Waals surface area contributed by atoms with Gasteiger partial charge in [-0.25, -0.2) is 4.79 Å². The van der Waals surface area contributed by atoms with Crippen LogP contribution >= 0.6 is 22.9 Å². The Morgan fingerprint density at radius 1 is 1.42 bits per heavy atom. The molecule has 0 aromatic heterocycles. The lowest BCUT2D eigenvalue weighted by Gasteiger charge is -1.96. The highest BCUT2D eigenvalue weighted by Crippen LogP contribution is 2.19. The number of benzene rings is 1. The number of nitrogens with zero attached hydrogens (tertiary/aromatic N) is 2. The van der Waals surface area contributed by atoms with Gasteiger partial charge in [0, 0.05) is 0 Å². The molecule has 12 heavy (non-hydrogen) atoms. The highest BCUT2D eigenvalue weighted by atomic mass is 127. The van der Waals surface area contributed by atoms with Crippen LogP contribution in [0, 0.1) is 0 Å². The van der Waals surface area contributed by atoms with Crippen LogP contribution in [-0.4, -0.2) is 11.1 Å². The molecule has 4 nitrogen and oxygen atoms in total. The zero-order valence-corrected chi connectivity index (χ0v) is 8.09. The van der Waals surface area contributed by atoms with E-state index in [2.05, 4.69) is 8.44 Å². The fourth-order valence-corrected chi connectivity index (χ4v) is 1.01. The summed E-state index contributed by atoms with van der Waals surface area (Å²) in [4.78, 5) is 10.6. The van der Waals surface area contributed by atoms with Crippen molar-refractivity contribution in [2.24, 2.45) is 8.44 Å². The van der Waals surface area contributed by atoms with Crippen LogP contribution in [0.1, 0.15) is 10.4 Å². The van der Waals surface area contributed by atoms with E-state index in [0.29, 0.717) is 5.69 Å². The molecule has 1 aromatic carbocycles. The van der Waals surface area contributed by atoms with Crippen molar-refractivity contribution in [1.29, 1.82) is 0 Å². The molecule has 1 rings (SSSR count). The molecule has 1 aromatic rings. The summed E-state index contributed by atoms with van der Waals surface area (Å²) in [5.74, 6) is -0.991. The minimum atomic E-state index is -0.991. The number of carboxylic acids is 1. The van der Waals surface area contributed by atoms with Crippen molar-refractivity contribution in [3.63, 3.8) is 0 Å². The number of hydrogen-bond donors (Lipinski definition) is 1. The predicted octanol–water partition coefficient (Wildman–Crippen LogP) is 2.82. The highest BCUT2D eigenvalue weighted by molar-refractivity contribution is 14.1. The summed E-state index contributed by atoms with van der Waals surface area (Å²) in [6, 6.07) is 6.46. The number of carbonyl (C=O) groups is 1. The van der Waals surface area contributed by atoms with Gasteiger partial charge in [0.2, 0.25) is 0 Å². The number of hydrogen-bond acceptors (Lipinski definition) is 3. The molecule has 0 aliphatic rings. The Bertz CT molecular complexity index is 325. The minimum Gasteiger partial charge on any atom is -0.478 e. The second-order valence-electron chi connectivity index (χ2n) is 2.00. The van der Waals surface area contributed by atoms with Gasteiger partial charge in [-0.3, -0.25) is 0 Å². The third kappa shape index (κ3) is 2.00. The van der Waals surface area contributed by atoms with E-state index in [4.69, 9.17) is 5.11 Å². The van der Waals surface area contributed by atoms with E-state index in [0.717, 1.165) is 0 Å². The summed E-state index contributed by atoms with van der Waals surface area (Å²) in [7, 11) is 0. The number of aromatic carboxylic acids is 1. The van der Waals surface area contributed by atoms with Crippen molar-refractivity contribution in [3.05, 3.63) is 29.8 Å². The van der Waals surface area contributed by atoms with Crippen LogP contribution in [-0.2, 0) is 0 Å². The molecular weight excluding hydrogens is 271 g/mol. The van der Waals surface area contributed by atoms with Crippen LogP contribution < -0.4 is 0 Å². The molecule has 0 saturated heterocycles. The fourth-order valence-electron chi connectivity index (χ4n) is 0.782. The van der Waals surface area contributed by atoms with Gasteiger partial charge in [0.1, 0.15) is 28.6 Å². The zero-order chi connectivity index (χ0) is 8.97. The molecule has 0 amide bonds. The van der Waals surface area contributed by atoms with Crippen molar-refractivity contribution in [3.8, 4) is 0 Å². The summed E-state index contributed by atoms with van der Waals surface area (Å²) in [6.07, 6.45) is 0. The van der Waals surface area contributed by atoms with Gasteiger partial charge in [-0.1, -0.05) is 12.1 Å². The SMILES string of the molecule is O=C(O)c1ccccc1/N=N/I. The average molecular weight is 276 g/mol. The minimum absolute atomic E-state index is 0.165. The first-order chi connectivity index (χ1) is 5.75. The maximum atomic E-state index is 10.6. The summed E-state index contributed by atoms with van der Waals surface area (Å²) in [6.45, 7) is 0. The fraction of sp³-hybridized carbons (Fsp3) is 0. The third-order valence-corrected chi connectivity index (χ3v) is 1.50. The largest absolute Gasteiger partial charge is 0.478 e. The maximum Gasteiger partial charge on any atom is 0.337 e. The molecule has 0 atom stereocenters. The van der Waals surface area contributed by atoms with Gasteiger partial charge in [-0.15, -0.1) is 8.44 Å². The van der Waals surface area contributed by atoms with E-state index in [-0.39, 0.29) is 5.56 Å². The molecule has 0 heterocycles. The topological polar surface area (TPSA) is 62.0 Å². The third-order valence-electron chi connectivity index (χ3n) is 1.28. The van der Waals surface area contributed by atoms with Gasteiger partial charge in [0.05, 0.1) is 5.56 Å². The highest BCUT2D eigenvalue weighted by Gasteiger charge is 2.07. The average Bonchev–Trinajstić information content (AvgIpc) is 2.05. The van der Waals surface area contributed by atoms with E-state index in [1.54, 1.807) is 41.1 Å². The van der Waals surface area contributed by atoms with Crippen molar-refractivity contribution in [2.45, 2.75) is 0 Å². The molecule has 1 N–H and O–H groups in total. The molecular formula is C7H5IN2O2. The predicted molar refractivity (Wildman–Crippen MR) is 51.9 cm³/mol. The number of rotatable bonds is 2. The van der Waals surface area contributed by atoms with E-state index < -0.39 is 5.97 Å². The summed E-state index contributed by atoms with van der Waals surface area (Å²) in [5.41, 5.74) is 0.539. The van der Waals surface area contributed by atoms with Crippen LogP contribution in [0.5, 0.6) is 0 Å². The van der Waals surface area contributed by atoms with Gasteiger partial charge in [0.15, 0.2) is 0 Å². The molecule has 0 fully saturated rings. The smallest absolute Gasteiger partial charge is 0.337 e. The van der Waals surface area contributed by atoms with Crippen molar-refractivity contribution in [1.82, 2.24) is 0 Å². The Balaban J connectivity index is 3.17. The Labute approximate surface area is 82.8 Å². The van der Waals surface area contributed by atoms with Crippen molar-refractivity contribution >= 4 is 34.5 Å². The van der Waals surface area contributed by atoms with Crippen LogP contribution in [0.25, 0.3) is 0 Å². The van der Waals surface area contributed by atoms with Crippen LogP contribution in [0.2, 0.25) is 0 Å². The summed E-state index contributed by atoms with van der Waals surface area (Å²) in [5, 5.41) is 12.3. The Morgan fingerprint density at radius 3 is 2.67 bits per heavy atom. The molecule has 0 aliphatic carbocycles. The number of halogens is 1. The van der Waals surface area contributed by atoms with Crippen LogP contribution in [0.15, 0.2) is 32.7 Å². The quantitative estimate of drug-likeness (QED) is 0.666. The standard InChI is InChI=1S/C7H5IN2O2/c8-10-9-6-4-2-1-3-5(6)7(11)12/h1-4H,(H,11,12)/b10-9+. The van der Waals surface area contributed by atoms with Crippen LogP contribution in [0.3, 0.4) is 0 Å². The van der Waals surface area contributed by atoms with Gasteiger partial charge in [-0.2, -0.15) is 0 Å². The van der Waals surface area contributed by atoms with Crippen molar-refractivity contribution in [2.75, 3.05) is 0 Å². The van der Waals surface area contributed by atoms with E-state index in [1.807, 2.05) is 0 Å². The van der Waals surface area contributed by atoms with Gasteiger partial charge in [0.25, 0.3) is 0 Å². The second-order valence-corrected chi connectivity index (χ2v) is 2.43. The lowest BCUT2D eigenvalue weighted by molar-refractivity contribution is 0.0698. The Hall–Kier alpha value is -0.980. The first-order valence-electron chi connectivity index (χ1n) is 3.10. The lowest BCUT2D eigenvalue weighted by atomic mass is 10.2. The first kappa shape index (κ1) is 9.11. The molecule has 0 unspecified atom stereocenters. The van der Waals surface area contributed by atoms with Gasteiger partial charge >= 0.3 is 5.97 Å². The normalized spacial score (nSPS) is 10.4.